The summed E-state index contributed by atoms with van der Waals surface area (Å²) in [6, 6.07) is 9.28. The van der Waals surface area contributed by atoms with Gasteiger partial charge in [-0.15, -0.1) is 0 Å². The molecule has 0 aromatic heterocycles. The second-order valence-electron chi connectivity index (χ2n) is 6.27. The number of rotatable bonds is 16. The lowest BCUT2D eigenvalue weighted by atomic mass is 10.2. The van der Waals surface area contributed by atoms with Gasteiger partial charge in [-0.1, -0.05) is 43.7 Å². The molecule has 0 aliphatic heterocycles. The Morgan fingerprint density at radius 1 is 0.759 bits per heavy atom. The van der Waals surface area contributed by atoms with Gasteiger partial charge in [0.25, 0.3) is 5.08 Å². The molecular weight excluding hydrogens is 414 g/mol. The van der Waals surface area contributed by atoms with E-state index in [1.54, 1.807) is 27.7 Å². The van der Waals surface area contributed by atoms with Gasteiger partial charge in [-0.25, -0.2) is 0 Å². The Hall–Kier alpha value is -0.520. The molecule has 9 heteroatoms. The van der Waals surface area contributed by atoms with E-state index in [1.165, 1.54) is 0 Å². The molecule has 0 fully saturated rings. The maximum atomic E-state index is 14.1. The van der Waals surface area contributed by atoms with Gasteiger partial charge in [0, 0.05) is 13.0 Å². The van der Waals surface area contributed by atoms with Crippen molar-refractivity contribution in [1.82, 2.24) is 0 Å². The van der Waals surface area contributed by atoms with Crippen LogP contribution in [0.15, 0.2) is 30.3 Å². The highest BCUT2D eigenvalue weighted by atomic mass is 31.2. The van der Waals surface area contributed by atoms with Crippen LogP contribution < -0.4 is 0 Å². The van der Waals surface area contributed by atoms with Crippen LogP contribution in [0.2, 0.25) is 0 Å². The summed E-state index contributed by atoms with van der Waals surface area (Å²) >= 11 is 0. The van der Waals surface area contributed by atoms with Crippen LogP contribution in [0.5, 0.6) is 0 Å². The summed E-state index contributed by atoms with van der Waals surface area (Å²) in [6.45, 7) is 9.46. The van der Waals surface area contributed by atoms with Crippen LogP contribution in [0.4, 0.5) is 0 Å². The van der Waals surface area contributed by atoms with E-state index < -0.39 is 20.3 Å². The zero-order valence-corrected chi connectivity index (χ0v) is 20.1. The summed E-state index contributed by atoms with van der Waals surface area (Å²) < 4.78 is 57.1. The molecule has 1 aromatic rings. The van der Waals surface area contributed by atoms with Crippen molar-refractivity contribution >= 4 is 15.2 Å². The first-order valence-electron chi connectivity index (χ1n) is 10.3. The molecule has 0 saturated heterocycles. The summed E-state index contributed by atoms with van der Waals surface area (Å²) in [6.07, 6.45) is 1.54. The molecule has 1 rings (SSSR count). The van der Waals surface area contributed by atoms with Gasteiger partial charge in [0.05, 0.1) is 26.4 Å². The summed E-state index contributed by atoms with van der Waals surface area (Å²) in [4.78, 5) is 0. The van der Waals surface area contributed by atoms with E-state index in [0.29, 0.717) is 6.42 Å². The van der Waals surface area contributed by atoms with Crippen LogP contribution >= 0.6 is 15.2 Å². The molecule has 0 aliphatic rings. The lowest BCUT2D eigenvalue weighted by Gasteiger charge is -2.42. The van der Waals surface area contributed by atoms with Crippen LogP contribution in [-0.2, 0) is 38.4 Å². The third kappa shape index (κ3) is 6.48. The predicted molar refractivity (Wildman–Crippen MR) is 115 cm³/mol. The van der Waals surface area contributed by atoms with Gasteiger partial charge in [-0.05, 0) is 39.7 Å². The quantitative estimate of drug-likeness (QED) is 0.218. The van der Waals surface area contributed by atoms with E-state index >= 15 is 0 Å². The third-order valence-corrected chi connectivity index (χ3v) is 10.3. The molecule has 0 bridgehead atoms. The molecule has 7 nitrogen and oxygen atoms in total. The molecule has 29 heavy (non-hydrogen) atoms. The fourth-order valence-electron chi connectivity index (χ4n) is 2.95. The maximum absolute atomic E-state index is 14.1. The Balaban J connectivity index is 3.72. The van der Waals surface area contributed by atoms with Crippen molar-refractivity contribution < 1.29 is 32.0 Å². The summed E-state index contributed by atoms with van der Waals surface area (Å²) in [7, 11) is -8.16. The SMILES string of the molecule is CCCCOC(Cc1ccccc1)(P(=O)(OCC)OCC)P(=O)(OCC)OCC. The third-order valence-electron chi connectivity index (χ3n) is 4.16. The molecule has 0 aliphatic carbocycles. The highest BCUT2D eigenvalue weighted by Gasteiger charge is 2.66. The molecule has 0 radical (unpaired) electrons. The number of unbranched alkanes of at least 4 members (excludes halogenated alkanes) is 1. The molecular formula is C20H36O7P2. The lowest BCUT2D eigenvalue weighted by molar-refractivity contribution is 0.0143. The Kier molecular flexibility index (Phi) is 11.9. The highest BCUT2D eigenvalue weighted by molar-refractivity contribution is 7.74. The van der Waals surface area contributed by atoms with E-state index in [1.807, 2.05) is 37.3 Å². The van der Waals surface area contributed by atoms with Crippen molar-refractivity contribution in [3.05, 3.63) is 35.9 Å². The Morgan fingerprint density at radius 3 is 1.59 bits per heavy atom. The fourth-order valence-corrected chi connectivity index (χ4v) is 8.41. The summed E-state index contributed by atoms with van der Waals surface area (Å²) in [5.74, 6) is 0. The van der Waals surface area contributed by atoms with Gasteiger partial charge >= 0.3 is 15.2 Å². The van der Waals surface area contributed by atoms with Crippen molar-refractivity contribution in [2.24, 2.45) is 0 Å². The number of ether oxygens (including phenoxy) is 1. The smallest absolute Gasteiger partial charge is 0.352 e. The fraction of sp³-hybridized carbons (Fsp3) is 0.700. The van der Waals surface area contributed by atoms with Crippen LogP contribution in [0.25, 0.3) is 0 Å². The molecule has 0 unspecified atom stereocenters. The zero-order chi connectivity index (χ0) is 21.8. The van der Waals surface area contributed by atoms with Gasteiger partial charge in [0.15, 0.2) is 0 Å². The van der Waals surface area contributed by atoms with Crippen LogP contribution in [0.1, 0.15) is 53.0 Å². The van der Waals surface area contributed by atoms with Gasteiger partial charge in [-0.2, -0.15) is 0 Å². The van der Waals surface area contributed by atoms with Crippen LogP contribution in [0.3, 0.4) is 0 Å². The Morgan fingerprint density at radius 2 is 1.21 bits per heavy atom. The number of benzene rings is 1. The minimum absolute atomic E-state index is 0.00606. The van der Waals surface area contributed by atoms with Crippen molar-refractivity contribution in [1.29, 1.82) is 0 Å². The molecule has 168 valence electrons. The average Bonchev–Trinajstić information content (AvgIpc) is 2.68. The summed E-state index contributed by atoms with van der Waals surface area (Å²) in [5, 5.41) is -1.91. The second kappa shape index (κ2) is 13.0. The molecule has 0 atom stereocenters. The van der Waals surface area contributed by atoms with Crippen molar-refractivity contribution in [3.63, 3.8) is 0 Å². The first-order chi connectivity index (χ1) is 13.9. The molecule has 0 heterocycles. The minimum Gasteiger partial charge on any atom is -0.352 e. The average molecular weight is 450 g/mol. The first kappa shape index (κ1) is 26.5. The Bertz CT molecular complexity index is 616. The number of hydrogen-bond acceptors (Lipinski definition) is 7. The maximum Gasteiger partial charge on any atom is 0.375 e. The lowest BCUT2D eigenvalue weighted by Crippen LogP contribution is -2.39. The standard InChI is InChI=1S/C20H36O7P2/c1-6-11-17-23-20(18-19-15-13-12-14-16-19,28(21,24-7-2)25-8-3)29(22,26-9-4)27-10-5/h12-16H,6-11,17-18H2,1-5H3. The van der Waals surface area contributed by atoms with Gasteiger partial charge in [0.2, 0.25) is 0 Å². The van der Waals surface area contributed by atoms with E-state index in [-0.39, 0.29) is 39.5 Å². The minimum atomic E-state index is -4.08. The van der Waals surface area contributed by atoms with E-state index in [4.69, 9.17) is 22.8 Å². The van der Waals surface area contributed by atoms with Crippen LogP contribution in [0, 0.1) is 0 Å². The molecule has 0 saturated carbocycles. The van der Waals surface area contributed by atoms with E-state index in [2.05, 4.69) is 0 Å². The van der Waals surface area contributed by atoms with E-state index in [0.717, 1.165) is 12.0 Å². The van der Waals surface area contributed by atoms with Crippen LogP contribution in [-0.4, -0.2) is 38.1 Å². The molecule has 0 spiro atoms. The molecule has 0 N–H and O–H groups in total. The molecule has 0 amide bonds. The van der Waals surface area contributed by atoms with Crippen molar-refractivity contribution in [3.8, 4) is 0 Å². The van der Waals surface area contributed by atoms with Gasteiger partial charge < -0.3 is 22.8 Å². The predicted octanol–water partition coefficient (Wildman–Crippen LogP) is 6.23. The van der Waals surface area contributed by atoms with Gasteiger partial charge in [0.1, 0.15) is 0 Å². The van der Waals surface area contributed by atoms with E-state index in [9.17, 15) is 9.13 Å². The highest BCUT2D eigenvalue weighted by Crippen LogP contribution is 2.79. The normalized spacial score (nSPS) is 13.0. The van der Waals surface area contributed by atoms with Crippen molar-refractivity contribution in [2.45, 2.75) is 59.0 Å². The topological polar surface area (TPSA) is 80.3 Å². The zero-order valence-electron chi connectivity index (χ0n) is 18.3. The summed E-state index contributed by atoms with van der Waals surface area (Å²) in [5.41, 5.74) is 0.767. The second-order valence-corrected chi connectivity index (χ2v) is 11.1. The van der Waals surface area contributed by atoms with Crippen molar-refractivity contribution in [2.75, 3.05) is 33.0 Å². The largest absolute Gasteiger partial charge is 0.375 e. The number of hydrogen-bond donors (Lipinski definition) is 0. The monoisotopic (exact) mass is 450 g/mol. The molecule has 1 aromatic carbocycles. The first-order valence-corrected chi connectivity index (χ1v) is 13.4. The Labute approximate surface area is 175 Å². The van der Waals surface area contributed by atoms with Gasteiger partial charge in [-0.3, -0.25) is 9.13 Å².